The number of carbonyl (C=O) groups is 3. The number of aliphatic carboxylic acids is 1. The Kier molecular flexibility index (Phi) is 6.41. The number of primary amides is 1. The van der Waals surface area contributed by atoms with Gasteiger partial charge in [-0.25, -0.2) is 9.59 Å². The Labute approximate surface area is 124 Å². The summed E-state index contributed by atoms with van der Waals surface area (Å²) in [4.78, 5) is 37.7. The van der Waals surface area contributed by atoms with E-state index in [9.17, 15) is 14.4 Å². The molecule has 8 nitrogen and oxygen atoms in total. The lowest BCUT2D eigenvalue weighted by Gasteiger charge is -2.28. The molecule has 1 aliphatic rings. The van der Waals surface area contributed by atoms with Crippen molar-refractivity contribution in [3.63, 3.8) is 0 Å². The smallest absolute Gasteiger partial charge is 0.326 e. The first kappa shape index (κ1) is 17.2. The number of likely N-dealkylation sites (N-methyl/N-ethyl adjacent to an activating group) is 1. The van der Waals surface area contributed by atoms with Crippen molar-refractivity contribution >= 4 is 17.9 Å². The van der Waals surface area contributed by atoms with E-state index in [-0.39, 0.29) is 18.9 Å². The van der Waals surface area contributed by atoms with Crippen LogP contribution in [0.15, 0.2) is 0 Å². The first-order valence-corrected chi connectivity index (χ1v) is 7.04. The van der Waals surface area contributed by atoms with Crippen LogP contribution in [0, 0.1) is 0 Å². The van der Waals surface area contributed by atoms with Crippen LogP contribution in [0.4, 0.5) is 4.79 Å². The number of hydrogen-bond donors (Lipinski definition) is 3. The van der Waals surface area contributed by atoms with E-state index in [4.69, 9.17) is 10.8 Å². The van der Waals surface area contributed by atoms with Gasteiger partial charge >= 0.3 is 12.0 Å². The molecule has 21 heavy (non-hydrogen) atoms. The van der Waals surface area contributed by atoms with Crippen molar-refractivity contribution < 1.29 is 19.5 Å². The maximum atomic E-state index is 12.2. The number of nitrogens with two attached hydrogens (primary N) is 1. The molecule has 1 heterocycles. The van der Waals surface area contributed by atoms with Gasteiger partial charge in [0.15, 0.2) is 0 Å². The zero-order valence-electron chi connectivity index (χ0n) is 12.5. The minimum atomic E-state index is -1.16. The average Bonchev–Trinajstić information content (AvgIpc) is 2.80. The van der Waals surface area contributed by atoms with E-state index in [2.05, 4.69) is 5.32 Å². The van der Waals surface area contributed by atoms with Crippen LogP contribution < -0.4 is 11.1 Å². The molecule has 0 aromatic heterocycles. The van der Waals surface area contributed by atoms with Crippen molar-refractivity contribution in [2.45, 2.75) is 37.8 Å². The van der Waals surface area contributed by atoms with Gasteiger partial charge in [0.25, 0.3) is 0 Å². The Bertz CT molecular complexity index is 400. The molecule has 1 aliphatic heterocycles. The number of amides is 3. The standard InChI is InChI=1S/C13H24N4O4/c1-16(2)8-9-4-3-7-17(9)13(21)15-10(12(19)20)5-6-11(14)18/h9-10H,3-8H2,1-2H3,(H2,14,18)(H,15,21)(H,19,20)/t9?,10-/m0/s1. The van der Waals surface area contributed by atoms with Crippen molar-refractivity contribution in [3.05, 3.63) is 0 Å². The molecule has 120 valence electrons. The zero-order chi connectivity index (χ0) is 16.0. The largest absolute Gasteiger partial charge is 0.480 e. The van der Waals surface area contributed by atoms with E-state index in [1.165, 1.54) is 0 Å². The maximum absolute atomic E-state index is 12.2. The summed E-state index contributed by atoms with van der Waals surface area (Å²) in [6, 6.07) is -1.40. The highest BCUT2D eigenvalue weighted by atomic mass is 16.4. The van der Waals surface area contributed by atoms with Crippen molar-refractivity contribution in [1.82, 2.24) is 15.1 Å². The van der Waals surface area contributed by atoms with Gasteiger partial charge in [-0.2, -0.15) is 0 Å². The number of rotatable bonds is 7. The van der Waals surface area contributed by atoms with Crippen LogP contribution in [-0.2, 0) is 9.59 Å². The Morgan fingerprint density at radius 3 is 2.62 bits per heavy atom. The van der Waals surface area contributed by atoms with Gasteiger partial charge < -0.3 is 26.0 Å². The highest BCUT2D eigenvalue weighted by molar-refractivity contribution is 5.83. The van der Waals surface area contributed by atoms with Crippen LogP contribution in [-0.4, -0.2) is 72.1 Å². The van der Waals surface area contributed by atoms with E-state index >= 15 is 0 Å². The van der Waals surface area contributed by atoms with Gasteiger partial charge in [-0.15, -0.1) is 0 Å². The SMILES string of the molecule is CN(C)CC1CCCN1C(=O)N[C@@H](CCC(N)=O)C(=O)O. The number of carboxylic acid groups (broad SMARTS) is 1. The van der Waals surface area contributed by atoms with E-state index in [0.717, 1.165) is 19.4 Å². The normalized spacial score (nSPS) is 19.6. The molecule has 1 saturated heterocycles. The summed E-state index contributed by atoms with van der Waals surface area (Å²) in [7, 11) is 3.86. The predicted octanol–water partition coefficient (Wildman–Crippen LogP) is -0.559. The summed E-state index contributed by atoms with van der Waals surface area (Å²) in [6.07, 6.45) is 1.75. The van der Waals surface area contributed by atoms with E-state index in [1.807, 2.05) is 19.0 Å². The fourth-order valence-electron chi connectivity index (χ4n) is 2.49. The number of nitrogens with one attached hydrogen (secondary N) is 1. The second-order valence-electron chi connectivity index (χ2n) is 5.60. The Balaban J connectivity index is 2.59. The Morgan fingerprint density at radius 2 is 2.10 bits per heavy atom. The molecule has 0 aliphatic carbocycles. The minimum absolute atomic E-state index is 0.00257. The zero-order valence-corrected chi connectivity index (χ0v) is 12.5. The number of carboxylic acids is 1. The van der Waals surface area contributed by atoms with Crippen LogP contribution in [0.1, 0.15) is 25.7 Å². The molecule has 2 atom stereocenters. The van der Waals surface area contributed by atoms with Crippen LogP contribution >= 0.6 is 0 Å². The second kappa shape index (κ2) is 7.82. The predicted molar refractivity (Wildman–Crippen MR) is 76.7 cm³/mol. The molecular formula is C13H24N4O4. The van der Waals surface area contributed by atoms with Crippen LogP contribution in [0.5, 0.6) is 0 Å². The molecular weight excluding hydrogens is 276 g/mol. The van der Waals surface area contributed by atoms with E-state index in [1.54, 1.807) is 4.90 Å². The second-order valence-corrected chi connectivity index (χ2v) is 5.60. The lowest BCUT2D eigenvalue weighted by Crippen LogP contribution is -2.51. The van der Waals surface area contributed by atoms with Crippen molar-refractivity contribution in [2.75, 3.05) is 27.2 Å². The number of carbonyl (C=O) groups excluding carboxylic acids is 2. The summed E-state index contributed by atoms with van der Waals surface area (Å²) in [5, 5.41) is 11.6. The van der Waals surface area contributed by atoms with Gasteiger partial charge in [0.05, 0.1) is 0 Å². The average molecular weight is 300 g/mol. The van der Waals surface area contributed by atoms with Gasteiger partial charge in [-0.1, -0.05) is 0 Å². The number of hydrogen-bond acceptors (Lipinski definition) is 4. The molecule has 0 radical (unpaired) electrons. The Hall–Kier alpha value is -1.83. The monoisotopic (exact) mass is 300 g/mol. The molecule has 0 aromatic rings. The van der Waals surface area contributed by atoms with Crippen LogP contribution in [0.2, 0.25) is 0 Å². The van der Waals surface area contributed by atoms with Crippen molar-refractivity contribution in [2.24, 2.45) is 5.73 Å². The molecule has 0 bridgehead atoms. The fraction of sp³-hybridized carbons (Fsp3) is 0.769. The molecule has 1 fully saturated rings. The fourth-order valence-corrected chi connectivity index (χ4v) is 2.49. The van der Waals surface area contributed by atoms with E-state index < -0.39 is 23.9 Å². The molecule has 3 amide bonds. The number of likely N-dealkylation sites (tertiary alicyclic amines) is 1. The van der Waals surface area contributed by atoms with Crippen LogP contribution in [0.3, 0.4) is 0 Å². The third-order valence-electron chi connectivity index (χ3n) is 3.49. The first-order chi connectivity index (χ1) is 9.81. The summed E-state index contributed by atoms with van der Waals surface area (Å²) in [5.41, 5.74) is 5.01. The summed E-state index contributed by atoms with van der Waals surface area (Å²) in [5.74, 6) is -1.74. The van der Waals surface area contributed by atoms with Gasteiger partial charge in [-0.05, 0) is 33.4 Å². The van der Waals surface area contributed by atoms with Gasteiger partial charge in [-0.3, -0.25) is 4.79 Å². The number of urea groups is 1. The van der Waals surface area contributed by atoms with E-state index in [0.29, 0.717) is 6.54 Å². The van der Waals surface area contributed by atoms with Crippen molar-refractivity contribution in [3.8, 4) is 0 Å². The number of nitrogens with zero attached hydrogens (tertiary/aromatic N) is 2. The molecule has 1 unspecified atom stereocenters. The minimum Gasteiger partial charge on any atom is -0.480 e. The maximum Gasteiger partial charge on any atom is 0.326 e. The third-order valence-corrected chi connectivity index (χ3v) is 3.49. The Morgan fingerprint density at radius 1 is 1.43 bits per heavy atom. The lowest BCUT2D eigenvalue weighted by atomic mass is 10.1. The molecule has 4 N–H and O–H groups in total. The molecule has 1 rings (SSSR count). The summed E-state index contributed by atoms with van der Waals surface area (Å²) < 4.78 is 0. The van der Waals surface area contributed by atoms with Gasteiger partial charge in [0.1, 0.15) is 6.04 Å². The highest BCUT2D eigenvalue weighted by Gasteiger charge is 2.31. The highest BCUT2D eigenvalue weighted by Crippen LogP contribution is 2.18. The van der Waals surface area contributed by atoms with Gasteiger partial charge in [0, 0.05) is 25.6 Å². The molecule has 8 heteroatoms. The summed E-state index contributed by atoms with van der Waals surface area (Å²) in [6.45, 7) is 1.36. The quantitative estimate of drug-likeness (QED) is 0.583. The topological polar surface area (TPSA) is 116 Å². The van der Waals surface area contributed by atoms with Crippen LogP contribution in [0.25, 0.3) is 0 Å². The van der Waals surface area contributed by atoms with Gasteiger partial charge in [0.2, 0.25) is 5.91 Å². The van der Waals surface area contributed by atoms with Crippen molar-refractivity contribution in [1.29, 1.82) is 0 Å². The summed E-state index contributed by atoms with van der Waals surface area (Å²) >= 11 is 0. The molecule has 0 saturated carbocycles. The third kappa shape index (κ3) is 5.58. The molecule has 0 aromatic carbocycles. The molecule has 0 spiro atoms. The first-order valence-electron chi connectivity index (χ1n) is 7.04. The lowest BCUT2D eigenvalue weighted by molar-refractivity contribution is -0.139.